The van der Waals surface area contributed by atoms with E-state index in [1.54, 1.807) is 30.3 Å². The van der Waals surface area contributed by atoms with E-state index in [1.807, 2.05) is 0 Å². The van der Waals surface area contributed by atoms with Crippen molar-refractivity contribution in [2.24, 2.45) is 0 Å². The Morgan fingerprint density at radius 1 is 0.885 bits per heavy atom. The minimum absolute atomic E-state index is 0.0131. The molecule has 0 aliphatic carbocycles. The maximum atomic E-state index is 12.3. The number of nitrogens with zero attached hydrogens (tertiary/aromatic N) is 2. The molecular formula is C17H15F3N2O4. The van der Waals surface area contributed by atoms with Crippen molar-refractivity contribution in [1.82, 2.24) is 9.96 Å². The molecule has 2 aromatic carbocycles. The number of hydrogen-bond donors (Lipinski definition) is 2. The zero-order valence-corrected chi connectivity index (χ0v) is 13.3. The number of benzene rings is 2. The molecule has 2 rings (SSSR count). The number of carboxylic acid groups (broad SMARTS) is 1. The van der Waals surface area contributed by atoms with Crippen LogP contribution < -0.4 is 0 Å². The molecule has 0 radical (unpaired) electrons. The van der Waals surface area contributed by atoms with E-state index in [2.05, 4.69) is 0 Å². The second kappa shape index (κ2) is 7.87. The molecule has 0 aliphatic rings. The van der Waals surface area contributed by atoms with E-state index in [-0.39, 0.29) is 18.7 Å². The molecule has 138 valence electrons. The van der Waals surface area contributed by atoms with E-state index in [0.29, 0.717) is 5.56 Å². The lowest BCUT2D eigenvalue weighted by atomic mass is 10.1. The minimum atomic E-state index is -5.20. The summed E-state index contributed by atoms with van der Waals surface area (Å²) in [6, 6.07) is 13.7. The topological polar surface area (TPSA) is 81.1 Å². The van der Waals surface area contributed by atoms with Crippen LogP contribution >= 0.6 is 0 Å². The van der Waals surface area contributed by atoms with E-state index in [4.69, 9.17) is 5.21 Å². The van der Waals surface area contributed by atoms with Gasteiger partial charge in [-0.3, -0.25) is 14.9 Å². The van der Waals surface area contributed by atoms with Crippen LogP contribution in [0.5, 0.6) is 0 Å². The summed E-state index contributed by atoms with van der Waals surface area (Å²) in [6.45, 7) is 0.121. The Morgan fingerprint density at radius 3 is 1.85 bits per heavy atom. The predicted octanol–water partition coefficient (Wildman–Crippen LogP) is 3.72. The van der Waals surface area contributed by atoms with Gasteiger partial charge in [0.15, 0.2) is 0 Å². The first-order valence-corrected chi connectivity index (χ1v) is 7.39. The molecule has 9 heteroatoms. The van der Waals surface area contributed by atoms with E-state index < -0.39 is 23.4 Å². The number of carbonyl (C=O) groups excluding carboxylic acids is 1. The highest BCUT2D eigenvalue weighted by Gasteiger charge is 2.41. The monoisotopic (exact) mass is 368 g/mol. The summed E-state index contributed by atoms with van der Waals surface area (Å²) in [6.07, 6.45) is -6.36. The summed E-state index contributed by atoms with van der Waals surface area (Å²) in [5.41, 5.74) is 0.887. The fourth-order valence-corrected chi connectivity index (χ4v) is 2.21. The Kier molecular flexibility index (Phi) is 5.83. The standard InChI is InChI=1S/C17H15F3N2O4/c18-17(19,20)22(26)15(23)14-8-6-13(7-9-14)11-21(16(24)25)10-12-4-2-1-3-5-12/h1-9,26H,10-11H2,(H,24,25). The molecule has 0 atom stereocenters. The molecule has 0 aliphatic heterocycles. The molecule has 0 unspecified atom stereocenters. The number of alkyl halides is 3. The van der Waals surface area contributed by atoms with Crippen LogP contribution in [-0.2, 0) is 13.1 Å². The van der Waals surface area contributed by atoms with Crippen molar-refractivity contribution in [3.05, 3.63) is 71.3 Å². The average Bonchev–Trinajstić information content (AvgIpc) is 2.60. The van der Waals surface area contributed by atoms with Gasteiger partial charge in [0.2, 0.25) is 0 Å². The molecule has 0 saturated carbocycles. The maximum absolute atomic E-state index is 12.3. The van der Waals surface area contributed by atoms with Crippen LogP contribution in [0, 0.1) is 0 Å². The Balaban J connectivity index is 2.09. The van der Waals surface area contributed by atoms with Gasteiger partial charge < -0.3 is 5.11 Å². The fraction of sp³-hybridized carbons (Fsp3) is 0.176. The lowest BCUT2D eigenvalue weighted by molar-refractivity contribution is -0.321. The summed E-state index contributed by atoms with van der Waals surface area (Å²) in [7, 11) is 0. The lowest BCUT2D eigenvalue weighted by Gasteiger charge is -2.20. The first-order valence-electron chi connectivity index (χ1n) is 7.39. The lowest BCUT2D eigenvalue weighted by Crippen LogP contribution is -2.40. The molecule has 6 nitrogen and oxygen atoms in total. The summed E-state index contributed by atoms with van der Waals surface area (Å²) in [4.78, 5) is 24.0. The quantitative estimate of drug-likeness (QED) is 0.479. The number of hydroxylamine groups is 2. The number of rotatable bonds is 5. The summed E-state index contributed by atoms with van der Waals surface area (Å²) in [5, 5.41) is 16.8. The molecule has 0 aromatic heterocycles. The van der Waals surface area contributed by atoms with Gasteiger partial charge in [0.05, 0.1) is 0 Å². The van der Waals surface area contributed by atoms with Gasteiger partial charge in [-0.15, -0.1) is 18.2 Å². The molecule has 2 aromatic rings. The zero-order valence-electron chi connectivity index (χ0n) is 13.3. The van der Waals surface area contributed by atoms with Gasteiger partial charge >= 0.3 is 12.4 Å². The Labute approximate surface area is 146 Å². The van der Waals surface area contributed by atoms with Gasteiger partial charge in [-0.05, 0) is 23.3 Å². The third kappa shape index (κ3) is 4.96. The van der Waals surface area contributed by atoms with Crippen LogP contribution in [0.3, 0.4) is 0 Å². The Hall–Kier alpha value is -3.07. The van der Waals surface area contributed by atoms with Gasteiger partial charge in [0, 0.05) is 18.7 Å². The van der Waals surface area contributed by atoms with Gasteiger partial charge in [-0.2, -0.15) is 0 Å². The third-order valence-corrected chi connectivity index (χ3v) is 3.49. The highest BCUT2D eigenvalue weighted by atomic mass is 19.4. The van der Waals surface area contributed by atoms with Gasteiger partial charge in [0.1, 0.15) is 0 Å². The highest BCUT2D eigenvalue weighted by molar-refractivity contribution is 5.93. The fourth-order valence-electron chi connectivity index (χ4n) is 2.21. The first kappa shape index (κ1) is 19.3. The summed E-state index contributed by atoms with van der Waals surface area (Å²) in [5.74, 6) is -1.62. The zero-order chi connectivity index (χ0) is 19.3. The van der Waals surface area contributed by atoms with Crippen LogP contribution in [0.25, 0.3) is 0 Å². The van der Waals surface area contributed by atoms with Crippen molar-refractivity contribution in [3.63, 3.8) is 0 Å². The molecule has 2 N–H and O–H groups in total. The molecular weight excluding hydrogens is 353 g/mol. The molecule has 0 bridgehead atoms. The molecule has 0 spiro atoms. The van der Waals surface area contributed by atoms with E-state index >= 15 is 0 Å². The first-order chi connectivity index (χ1) is 12.2. The van der Waals surface area contributed by atoms with Crippen LogP contribution in [0.1, 0.15) is 21.5 Å². The van der Waals surface area contributed by atoms with Gasteiger partial charge in [-0.1, -0.05) is 42.5 Å². The second-order valence-corrected chi connectivity index (χ2v) is 5.41. The van der Waals surface area contributed by atoms with E-state index in [9.17, 15) is 27.9 Å². The number of halogens is 3. The Bertz CT molecular complexity index is 764. The van der Waals surface area contributed by atoms with Crippen LogP contribution in [0.4, 0.5) is 18.0 Å². The molecule has 26 heavy (non-hydrogen) atoms. The van der Waals surface area contributed by atoms with E-state index in [1.165, 1.54) is 12.1 Å². The van der Waals surface area contributed by atoms with Gasteiger partial charge in [-0.25, -0.2) is 4.79 Å². The maximum Gasteiger partial charge on any atom is 0.511 e. The molecule has 0 fully saturated rings. The van der Waals surface area contributed by atoms with E-state index in [0.717, 1.165) is 22.6 Å². The van der Waals surface area contributed by atoms with Crippen LogP contribution in [-0.4, -0.2) is 38.6 Å². The largest absolute Gasteiger partial charge is 0.511 e. The van der Waals surface area contributed by atoms with Crippen LogP contribution in [0.2, 0.25) is 0 Å². The number of carbonyl (C=O) groups is 2. The van der Waals surface area contributed by atoms with Crippen LogP contribution in [0.15, 0.2) is 54.6 Å². The Morgan fingerprint density at radius 2 is 1.38 bits per heavy atom. The number of hydrogen-bond acceptors (Lipinski definition) is 3. The third-order valence-electron chi connectivity index (χ3n) is 3.49. The van der Waals surface area contributed by atoms with Crippen molar-refractivity contribution < 1.29 is 33.1 Å². The minimum Gasteiger partial charge on any atom is -0.465 e. The van der Waals surface area contributed by atoms with Crippen molar-refractivity contribution in [3.8, 4) is 0 Å². The second-order valence-electron chi connectivity index (χ2n) is 5.41. The van der Waals surface area contributed by atoms with Crippen molar-refractivity contribution in [1.29, 1.82) is 0 Å². The average molecular weight is 368 g/mol. The molecule has 0 saturated heterocycles. The van der Waals surface area contributed by atoms with Gasteiger partial charge in [0.25, 0.3) is 5.91 Å². The highest BCUT2D eigenvalue weighted by Crippen LogP contribution is 2.21. The van der Waals surface area contributed by atoms with Crippen molar-refractivity contribution in [2.75, 3.05) is 0 Å². The smallest absolute Gasteiger partial charge is 0.465 e. The number of amides is 2. The normalized spacial score (nSPS) is 11.1. The van der Waals surface area contributed by atoms with Crippen molar-refractivity contribution in [2.45, 2.75) is 19.4 Å². The summed E-state index contributed by atoms with van der Waals surface area (Å²) >= 11 is 0. The SMILES string of the molecule is O=C(O)N(Cc1ccccc1)Cc1ccc(C(=O)N(O)C(F)(F)F)cc1. The van der Waals surface area contributed by atoms with Crippen molar-refractivity contribution >= 4 is 12.0 Å². The molecule has 0 heterocycles. The summed E-state index contributed by atoms with van der Waals surface area (Å²) < 4.78 is 36.9. The predicted molar refractivity (Wildman–Crippen MR) is 84.2 cm³/mol. The molecule has 2 amide bonds.